The van der Waals surface area contributed by atoms with Crippen LogP contribution < -0.4 is 10.6 Å². The quantitative estimate of drug-likeness (QED) is 0.635. The maximum absolute atomic E-state index is 13.6. The molecule has 1 aromatic heterocycles. The lowest BCUT2D eigenvalue weighted by molar-refractivity contribution is -0.124. The highest BCUT2D eigenvalue weighted by Gasteiger charge is 2.50. The van der Waals surface area contributed by atoms with Crippen molar-refractivity contribution in [2.45, 2.75) is 12.1 Å². The fraction of sp³-hybridized carbons (Fsp3) is 0.136. The number of thiophene rings is 1. The van der Waals surface area contributed by atoms with E-state index in [2.05, 4.69) is 10.6 Å². The molecule has 1 fully saturated rings. The second-order valence-electron chi connectivity index (χ2n) is 7.37. The topological polar surface area (TPSA) is 78.5 Å². The first kappa shape index (κ1) is 18.5. The predicted molar refractivity (Wildman–Crippen MR) is 109 cm³/mol. The summed E-state index contributed by atoms with van der Waals surface area (Å²) >= 11 is 1.59. The standard InChI is InChI=1S/C22H16FN3O3S/c23-17-6-3-14-10-26(19(27)18(14)9-17)12-22(20(28)24-21(29)25-22)16-4-1-13(2-5-16)15-7-8-30-11-15/h1-9,11H,10,12H2,(H2,24,25,28,29). The molecule has 0 aliphatic carbocycles. The number of fused-ring (bicyclic) bond motifs is 1. The molecule has 2 aromatic carbocycles. The zero-order chi connectivity index (χ0) is 20.9. The summed E-state index contributed by atoms with van der Waals surface area (Å²) in [6.07, 6.45) is 0. The molecule has 1 unspecified atom stereocenters. The Balaban J connectivity index is 1.50. The molecule has 5 rings (SSSR count). The summed E-state index contributed by atoms with van der Waals surface area (Å²) in [7, 11) is 0. The smallest absolute Gasteiger partial charge is 0.322 e. The summed E-state index contributed by atoms with van der Waals surface area (Å²) in [5, 5.41) is 8.99. The van der Waals surface area contributed by atoms with Crippen LogP contribution in [0.2, 0.25) is 0 Å². The number of imide groups is 1. The molecule has 4 amide bonds. The highest BCUT2D eigenvalue weighted by Crippen LogP contribution is 2.32. The molecule has 3 heterocycles. The van der Waals surface area contributed by atoms with Crippen LogP contribution in [0.1, 0.15) is 21.5 Å². The van der Waals surface area contributed by atoms with Crippen molar-refractivity contribution in [3.63, 3.8) is 0 Å². The molecule has 1 saturated heterocycles. The van der Waals surface area contributed by atoms with E-state index in [1.54, 1.807) is 29.5 Å². The van der Waals surface area contributed by atoms with E-state index in [-0.39, 0.29) is 24.6 Å². The molecule has 1 atom stereocenters. The van der Waals surface area contributed by atoms with Crippen LogP contribution in [-0.4, -0.2) is 29.3 Å². The lowest BCUT2D eigenvalue weighted by Gasteiger charge is -2.31. The summed E-state index contributed by atoms with van der Waals surface area (Å²) in [6.45, 7) is 0.184. The van der Waals surface area contributed by atoms with Gasteiger partial charge in [0.25, 0.3) is 11.8 Å². The third-order valence-corrected chi connectivity index (χ3v) is 6.24. The van der Waals surface area contributed by atoms with Crippen LogP contribution in [0.15, 0.2) is 59.3 Å². The van der Waals surface area contributed by atoms with E-state index in [1.165, 1.54) is 17.0 Å². The second kappa shape index (κ2) is 6.77. The Morgan fingerprint density at radius 3 is 2.50 bits per heavy atom. The van der Waals surface area contributed by atoms with E-state index < -0.39 is 23.3 Å². The summed E-state index contributed by atoms with van der Waals surface area (Å²) in [4.78, 5) is 39.2. The number of nitrogens with one attached hydrogen (secondary N) is 2. The van der Waals surface area contributed by atoms with Gasteiger partial charge < -0.3 is 10.2 Å². The van der Waals surface area contributed by atoms with Gasteiger partial charge in [-0.15, -0.1) is 0 Å². The molecule has 30 heavy (non-hydrogen) atoms. The van der Waals surface area contributed by atoms with Crippen molar-refractivity contribution in [2.75, 3.05) is 6.54 Å². The molecule has 2 aliphatic rings. The number of carbonyl (C=O) groups excluding carboxylic acids is 3. The summed E-state index contributed by atoms with van der Waals surface area (Å²) < 4.78 is 13.6. The number of hydrogen-bond acceptors (Lipinski definition) is 4. The van der Waals surface area contributed by atoms with E-state index in [4.69, 9.17) is 0 Å². The highest BCUT2D eigenvalue weighted by atomic mass is 32.1. The minimum absolute atomic E-state index is 0.0580. The van der Waals surface area contributed by atoms with Crippen molar-refractivity contribution in [1.82, 2.24) is 15.5 Å². The van der Waals surface area contributed by atoms with Crippen LogP contribution in [0.4, 0.5) is 9.18 Å². The highest BCUT2D eigenvalue weighted by molar-refractivity contribution is 7.08. The average molecular weight is 421 g/mol. The Morgan fingerprint density at radius 2 is 1.83 bits per heavy atom. The van der Waals surface area contributed by atoms with Gasteiger partial charge in [0.05, 0.1) is 6.54 Å². The normalized spacial score (nSPS) is 20.3. The SMILES string of the molecule is O=C1NC(=O)C(CN2Cc3ccc(F)cc3C2=O)(c2ccc(-c3ccsc3)cc2)N1. The molecule has 8 heteroatoms. The first-order chi connectivity index (χ1) is 14.5. The van der Waals surface area contributed by atoms with Gasteiger partial charge in [-0.2, -0.15) is 11.3 Å². The number of nitrogens with zero attached hydrogens (tertiary/aromatic N) is 1. The maximum atomic E-state index is 13.6. The van der Waals surface area contributed by atoms with Gasteiger partial charge in [-0.05, 0) is 51.2 Å². The van der Waals surface area contributed by atoms with Crippen molar-refractivity contribution in [2.24, 2.45) is 0 Å². The lowest BCUT2D eigenvalue weighted by atomic mass is 9.88. The van der Waals surface area contributed by atoms with Crippen molar-refractivity contribution in [1.29, 1.82) is 0 Å². The number of benzene rings is 2. The van der Waals surface area contributed by atoms with Gasteiger partial charge in [-0.3, -0.25) is 14.9 Å². The Bertz CT molecular complexity index is 1180. The number of urea groups is 1. The number of hydrogen-bond donors (Lipinski definition) is 2. The maximum Gasteiger partial charge on any atom is 0.322 e. The van der Waals surface area contributed by atoms with E-state index in [0.717, 1.165) is 11.1 Å². The fourth-order valence-corrected chi connectivity index (χ4v) is 4.69. The van der Waals surface area contributed by atoms with Gasteiger partial charge >= 0.3 is 6.03 Å². The summed E-state index contributed by atoms with van der Waals surface area (Å²) in [6, 6.07) is 12.8. The molecule has 3 aromatic rings. The third kappa shape index (κ3) is 2.88. The Labute approximate surface area is 175 Å². The van der Waals surface area contributed by atoms with E-state index in [0.29, 0.717) is 11.1 Å². The molecular weight excluding hydrogens is 405 g/mol. The van der Waals surface area contributed by atoms with Gasteiger partial charge in [0.15, 0.2) is 5.54 Å². The monoisotopic (exact) mass is 421 g/mol. The van der Waals surface area contributed by atoms with Crippen LogP contribution in [0, 0.1) is 5.82 Å². The largest absolute Gasteiger partial charge is 0.331 e. The van der Waals surface area contributed by atoms with E-state index in [1.807, 2.05) is 29.0 Å². The number of rotatable bonds is 4. The Hall–Kier alpha value is -3.52. The van der Waals surface area contributed by atoms with Crippen LogP contribution >= 0.6 is 11.3 Å². The van der Waals surface area contributed by atoms with E-state index >= 15 is 0 Å². The van der Waals surface area contributed by atoms with Gasteiger partial charge in [-0.25, -0.2) is 9.18 Å². The number of carbonyl (C=O) groups is 3. The molecule has 6 nitrogen and oxygen atoms in total. The van der Waals surface area contributed by atoms with Crippen LogP contribution in [-0.2, 0) is 16.9 Å². The van der Waals surface area contributed by atoms with Gasteiger partial charge in [0.2, 0.25) is 0 Å². The minimum atomic E-state index is -1.42. The van der Waals surface area contributed by atoms with Crippen LogP contribution in [0.3, 0.4) is 0 Å². The molecule has 0 saturated carbocycles. The average Bonchev–Trinajstić information content (AvgIpc) is 3.43. The molecule has 2 aliphatic heterocycles. The molecule has 2 N–H and O–H groups in total. The Morgan fingerprint density at radius 1 is 1.03 bits per heavy atom. The predicted octanol–water partition coefficient (Wildman–Crippen LogP) is 3.24. The minimum Gasteiger partial charge on any atom is -0.331 e. The van der Waals surface area contributed by atoms with Gasteiger partial charge in [0, 0.05) is 12.1 Å². The molecular formula is C22H16FN3O3S. The van der Waals surface area contributed by atoms with E-state index in [9.17, 15) is 18.8 Å². The fourth-order valence-electron chi connectivity index (χ4n) is 4.02. The van der Waals surface area contributed by atoms with Crippen molar-refractivity contribution < 1.29 is 18.8 Å². The zero-order valence-electron chi connectivity index (χ0n) is 15.6. The van der Waals surface area contributed by atoms with Crippen molar-refractivity contribution >= 4 is 29.2 Å². The van der Waals surface area contributed by atoms with Crippen LogP contribution in [0.25, 0.3) is 11.1 Å². The van der Waals surface area contributed by atoms with Crippen molar-refractivity contribution in [3.05, 3.63) is 81.8 Å². The molecule has 0 bridgehead atoms. The van der Waals surface area contributed by atoms with Gasteiger partial charge in [-0.1, -0.05) is 30.3 Å². The molecule has 150 valence electrons. The lowest BCUT2D eigenvalue weighted by Crippen LogP contribution is -2.52. The molecule has 0 spiro atoms. The summed E-state index contributed by atoms with van der Waals surface area (Å²) in [5.74, 6) is -1.38. The van der Waals surface area contributed by atoms with Crippen molar-refractivity contribution in [3.8, 4) is 11.1 Å². The Kier molecular flexibility index (Phi) is 4.18. The summed E-state index contributed by atoms with van der Waals surface area (Å²) in [5.41, 5.74) is 2.17. The third-order valence-electron chi connectivity index (χ3n) is 5.55. The number of halogens is 1. The zero-order valence-corrected chi connectivity index (χ0v) is 16.5. The number of amides is 4. The first-order valence-corrected chi connectivity index (χ1v) is 10.2. The first-order valence-electron chi connectivity index (χ1n) is 9.31. The molecule has 0 radical (unpaired) electrons. The second-order valence-corrected chi connectivity index (χ2v) is 8.15. The van der Waals surface area contributed by atoms with Gasteiger partial charge in [0.1, 0.15) is 5.82 Å². The van der Waals surface area contributed by atoms with Crippen LogP contribution in [0.5, 0.6) is 0 Å².